The number of nitrogens with zero attached hydrogens (tertiary/aromatic N) is 3. The largest absolute Gasteiger partial charge is 0.493 e. The van der Waals surface area contributed by atoms with E-state index in [9.17, 15) is 4.79 Å². The molecule has 0 radical (unpaired) electrons. The molecule has 1 atom stereocenters. The number of carbonyl (C=O) groups excluding carboxylic acids is 1. The number of hydrogen-bond acceptors (Lipinski definition) is 8. The Labute approximate surface area is 275 Å². The van der Waals surface area contributed by atoms with E-state index in [0.717, 1.165) is 16.7 Å². The first-order valence-electron chi connectivity index (χ1n) is 14.0. The van der Waals surface area contributed by atoms with E-state index in [0.29, 0.717) is 55.7 Å². The van der Waals surface area contributed by atoms with E-state index in [1.165, 1.54) is 24.4 Å². The fraction of sp³-hybridized carbons (Fsp3) is 0.303. The van der Waals surface area contributed by atoms with Crippen LogP contribution in [0.2, 0.25) is 5.02 Å². The van der Waals surface area contributed by atoms with Gasteiger partial charge in [-0.05, 0) is 68.7 Å². The first-order chi connectivity index (χ1) is 21.0. The van der Waals surface area contributed by atoms with Gasteiger partial charge in [0.2, 0.25) is 11.1 Å². The van der Waals surface area contributed by atoms with Crippen LogP contribution in [-0.2, 0) is 27.3 Å². The molecule has 1 N–H and O–H groups in total. The Kier molecular flexibility index (Phi) is 9.62. The van der Waals surface area contributed by atoms with Gasteiger partial charge in [-0.1, -0.05) is 86.6 Å². The SMILES string of the molecule is COC(=O)C1=C(C)Nc2nc(SCc3ccccc3Cl)nn2C1c1cc(Br)c(OCc2ccc(C(C)(C)C)cc2)c(OC)c1. The van der Waals surface area contributed by atoms with E-state index in [-0.39, 0.29) is 5.41 Å². The predicted molar refractivity (Wildman–Crippen MR) is 178 cm³/mol. The first-order valence-corrected chi connectivity index (χ1v) is 16.1. The van der Waals surface area contributed by atoms with E-state index in [1.54, 1.807) is 11.8 Å². The number of allylic oxidation sites excluding steroid dienone is 1. The first kappa shape index (κ1) is 31.9. The Hall–Kier alpha value is -3.47. The quantitative estimate of drug-likeness (QED) is 0.138. The van der Waals surface area contributed by atoms with Crippen molar-refractivity contribution < 1.29 is 19.0 Å². The van der Waals surface area contributed by atoms with Gasteiger partial charge in [-0.2, -0.15) is 4.98 Å². The molecule has 0 aliphatic carbocycles. The highest BCUT2D eigenvalue weighted by molar-refractivity contribution is 9.10. The molecule has 5 rings (SSSR count). The molecule has 1 aromatic heterocycles. The molecule has 230 valence electrons. The second-order valence-electron chi connectivity index (χ2n) is 11.4. The lowest BCUT2D eigenvalue weighted by molar-refractivity contribution is -0.136. The molecular weight excluding hydrogens is 664 g/mol. The molecule has 0 amide bonds. The number of fused-ring (bicyclic) bond motifs is 1. The van der Waals surface area contributed by atoms with E-state index >= 15 is 0 Å². The lowest BCUT2D eigenvalue weighted by Crippen LogP contribution is -2.29. The highest BCUT2D eigenvalue weighted by Crippen LogP contribution is 2.43. The van der Waals surface area contributed by atoms with Crippen molar-refractivity contribution in [1.82, 2.24) is 14.8 Å². The Balaban J connectivity index is 1.46. The molecule has 1 unspecified atom stereocenters. The zero-order valence-electron chi connectivity index (χ0n) is 25.4. The van der Waals surface area contributed by atoms with Crippen LogP contribution in [0.5, 0.6) is 11.5 Å². The Morgan fingerprint density at radius 1 is 1.11 bits per heavy atom. The number of thioether (sulfide) groups is 1. The Morgan fingerprint density at radius 3 is 2.50 bits per heavy atom. The molecule has 0 bridgehead atoms. The molecule has 2 heterocycles. The molecule has 0 saturated heterocycles. The van der Waals surface area contributed by atoms with Crippen LogP contribution in [0, 0.1) is 0 Å². The standard InChI is InChI=1S/C33H34BrClN4O4S/c1-19-27(30(40)42-6)28(39-31(36-19)37-32(38-39)44-18-21-9-7-8-10-25(21)35)22-15-24(34)29(26(16-22)41-5)43-17-20-11-13-23(14-12-20)33(2,3)4/h7-16,28H,17-18H2,1-6H3,(H,36,37,38). The number of benzene rings is 3. The molecule has 1 aliphatic heterocycles. The average molecular weight is 698 g/mol. The van der Waals surface area contributed by atoms with Gasteiger partial charge in [0.15, 0.2) is 11.5 Å². The summed E-state index contributed by atoms with van der Waals surface area (Å²) < 4.78 is 19.6. The maximum atomic E-state index is 13.1. The fourth-order valence-corrected chi connectivity index (χ4v) is 6.62. The normalized spacial score (nSPS) is 14.6. The van der Waals surface area contributed by atoms with Crippen LogP contribution in [0.15, 0.2) is 81.6 Å². The van der Waals surface area contributed by atoms with E-state index in [1.807, 2.05) is 43.3 Å². The van der Waals surface area contributed by atoms with Crippen molar-refractivity contribution in [3.05, 3.63) is 104 Å². The number of anilines is 1. The van der Waals surface area contributed by atoms with Crippen LogP contribution in [-0.4, -0.2) is 35.0 Å². The minimum atomic E-state index is -0.634. The number of hydrogen-bond donors (Lipinski definition) is 1. The van der Waals surface area contributed by atoms with Gasteiger partial charge in [-0.3, -0.25) is 0 Å². The molecule has 3 aromatic carbocycles. The molecule has 0 fully saturated rings. The van der Waals surface area contributed by atoms with Crippen LogP contribution in [0.25, 0.3) is 0 Å². The number of methoxy groups -OCH3 is 2. The lowest BCUT2D eigenvalue weighted by atomic mass is 9.87. The van der Waals surface area contributed by atoms with Crippen LogP contribution < -0.4 is 14.8 Å². The number of rotatable bonds is 9. The number of esters is 1. The van der Waals surface area contributed by atoms with Crippen LogP contribution in [0.1, 0.15) is 56.0 Å². The third kappa shape index (κ3) is 6.77. The smallest absolute Gasteiger partial charge is 0.338 e. The maximum absolute atomic E-state index is 13.1. The Bertz CT molecular complexity index is 1720. The molecule has 11 heteroatoms. The molecule has 4 aromatic rings. The summed E-state index contributed by atoms with van der Waals surface area (Å²) in [5.74, 6) is 1.70. The summed E-state index contributed by atoms with van der Waals surface area (Å²) in [5, 5.41) is 9.25. The van der Waals surface area contributed by atoms with Gasteiger partial charge in [0.25, 0.3) is 0 Å². The molecular formula is C33H34BrClN4O4S. The fourth-order valence-electron chi connectivity index (χ4n) is 4.93. The van der Waals surface area contributed by atoms with Gasteiger partial charge in [0.05, 0.1) is 24.3 Å². The zero-order valence-corrected chi connectivity index (χ0v) is 28.6. The summed E-state index contributed by atoms with van der Waals surface area (Å²) in [5.41, 5.74) is 5.13. The number of nitrogens with one attached hydrogen (secondary N) is 1. The summed E-state index contributed by atoms with van der Waals surface area (Å²) in [6.45, 7) is 8.75. The Morgan fingerprint density at radius 2 is 1.84 bits per heavy atom. The van der Waals surface area contributed by atoms with Gasteiger partial charge in [0.1, 0.15) is 12.6 Å². The predicted octanol–water partition coefficient (Wildman–Crippen LogP) is 8.33. The summed E-state index contributed by atoms with van der Waals surface area (Å²) in [6.07, 6.45) is 0. The van der Waals surface area contributed by atoms with Crippen LogP contribution in [0.4, 0.5) is 5.95 Å². The summed E-state index contributed by atoms with van der Waals surface area (Å²) in [6, 6.07) is 19.2. The van der Waals surface area contributed by atoms with Gasteiger partial charge in [0, 0.05) is 16.5 Å². The third-order valence-electron chi connectivity index (χ3n) is 7.32. The molecule has 1 aliphatic rings. The van der Waals surface area contributed by atoms with E-state index in [2.05, 4.69) is 66.3 Å². The highest BCUT2D eigenvalue weighted by atomic mass is 79.9. The van der Waals surface area contributed by atoms with Crippen molar-refractivity contribution >= 4 is 51.2 Å². The maximum Gasteiger partial charge on any atom is 0.338 e. The molecule has 44 heavy (non-hydrogen) atoms. The lowest BCUT2D eigenvalue weighted by Gasteiger charge is -2.28. The highest BCUT2D eigenvalue weighted by Gasteiger charge is 2.36. The van der Waals surface area contributed by atoms with Crippen LogP contribution in [0.3, 0.4) is 0 Å². The number of carbonyl (C=O) groups is 1. The minimum absolute atomic E-state index is 0.0744. The van der Waals surface area contributed by atoms with Crippen molar-refractivity contribution in [1.29, 1.82) is 0 Å². The molecule has 0 saturated carbocycles. The summed E-state index contributed by atoms with van der Waals surface area (Å²) in [4.78, 5) is 17.8. The van der Waals surface area contributed by atoms with Gasteiger partial charge in [-0.15, -0.1) is 5.10 Å². The summed E-state index contributed by atoms with van der Waals surface area (Å²) >= 11 is 11.5. The third-order valence-corrected chi connectivity index (χ3v) is 9.17. The van der Waals surface area contributed by atoms with Crippen LogP contribution >= 0.6 is 39.3 Å². The average Bonchev–Trinajstić information content (AvgIpc) is 3.40. The van der Waals surface area contributed by atoms with Gasteiger partial charge in [-0.25, -0.2) is 9.48 Å². The topological polar surface area (TPSA) is 87.5 Å². The van der Waals surface area contributed by atoms with Gasteiger partial charge >= 0.3 is 5.97 Å². The molecule has 8 nitrogen and oxygen atoms in total. The summed E-state index contributed by atoms with van der Waals surface area (Å²) in [7, 11) is 2.95. The zero-order chi connectivity index (χ0) is 31.6. The second-order valence-corrected chi connectivity index (χ2v) is 13.6. The van der Waals surface area contributed by atoms with Gasteiger partial charge < -0.3 is 19.5 Å². The minimum Gasteiger partial charge on any atom is -0.493 e. The van der Waals surface area contributed by atoms with Crippen molar-refractivity contribution in [2.45, 2.75) is 56.7 Å². The van der Waals surface area contributed by atoms with Crippen molar-refractivity contribution in [3.8, 4) is 11.5 Å². The van der Waals surface area contributed by atoms with Crippen molar-refractivity contribution in [2.24, 2.45) is 0 Å². The number of aromatic nitrogens is 3. The number of halogens is 2. The molecule has 0 spiro atoms. The monoisotopic (exact) mass is 696 g/mol. The van der Waals surface area contributed by atoms with E-state index < -0.39 is 12.0 Å². The van der Waals surface area contributed by atoms with E-state index in [4.69, 9.17) is 35.9 Å². The second kappa shape index (κ2) is 13.3. The van der Waals surface area contributed by atoms with Crippen molar-refractivity contribution in [3.63, 3.8) is 0 Å². The number of ether oxygens (including phenoxy) is 3. The van der Waals surface area contributed by atoms with Crippen molar-refractivity contribution in [2.75, 3.05) is 19.5 Å².